The van der Waals surface area contributed by atoms with E-state index in [0.29, 0.717) is 12.3 Å². The number of aromatic nitrogens is 1. The van der Waals surface area contributed by atoms with Gasteiger partial charge >= 0.3 is 6.03 Å². The molecule has 2 atom stereocenters. The zero-order chi connectivity index (χ0) is 16.7. The highest BCUT2D eigenvalue weighted by atomic mass is 32.1. The molecular weight excluding hydrogens is 310 g/mol. The summed E-state index contributed by atoms with van der Waals surface area (Å²) >= 11 is 1.65. The second-order valence-electron chi connectivity index (χ2n) is 6.37. The lowest BCUT2D eigenvalue weighted by Gasteiger charge is -2.31. The Morgan fingerprint density at radius 3 is 2.74 bits per heavy atom. The van der Waals surface area contributed by atoms with Gasteiger partial charge in [-0.25, -0.2) is 9.78 Å². The van der Waals surface area contributed by atoms with Gasteiger partial charge < -0.3 is 15.7 Å². The van der Waals surface area contributed by atoms with Crippen molar-refractivity contribution in [3.05, 3.63) is 16.1 Å². The highest BCUT2D eigenvalue weighted by molar-refractivity contribution is 7.11. The highest BCUT2D eigenvalue weighted by Gasteiger charge is 2.25. The topological polar surface area (TPSA) is 74.2 Å². The molecule has 0 aliphatic heterocycles. The van der Waals surface area contributed by atoms with Gasteiger partial charge in [0.25, 0.3) is 0 Å². The molecule has 2 unspecified atom stereocenters. The fraction of sp³-hybridized carbons (Fsp3) is 0.765. The predicted molar refractivity (Wildman–Crippen MR) is 93.6 cm³/mol. The van der Waals surface area contributed by atoms with Gasteiger partial charge in [-0.1, -0.05) is 26.2 Å². The molecule has 1 aromatic rings. The number of urea groups is 1. The number of hydrogen-bond donors (Lipinski definition) is 3. The van der Waals surface area contributed by atoms with Gasteiger partial charge in [-0.3, -0.25) is 0 Å². The molecule has 1 heterocycles. The first-order chi connectivity index (χ1) is 11.1. The van der Waals surface area contributed by atoms with Gasteiger partial charge in [0.15, 0.2) is 0 Å². The number of aliphatic hydroxyl groups is 1. The molecule has 0 radical (unpaired) electrons. The Balaban J connectivity index is 1.87. The molecule has 5 nitrogen and oxygen atoms in total. The van der Waals surface area contributed by atoms with Gasteiger partial charge in [0.2, 0.25) is 0 Å². The number of aryl methyl sites for hydroxylation is 1. The van der Waals surface area contributed by atoms with Crippen LogP contribution < -0.4 is 10.6 Å². The fourth-order valence-electron chi connectivity index (χ4n) is 3.26. The van der Waals surface area contributed by atoms with Crippen molar-refractivity contribution in [3.63, 3.8) is 0 Å². The van der Waals surface area contributed by atoms with Crippen LogP contribution in [0.15, 0.2) is 6.20 Å². The third kappa shape index (κ3) is 5.46. The average Bonchev–Trinajstić information content (AvgIpc) is 3.04. The minimum atomic E-state index is -0.158. The number of carbonyl (C=O) groups excluding carboxylic acids is 1. The van der Waals surface area contributed by atoms with Crippen LogP contribution in [-0.4, -0.2) is 28.8 Å². The molecule has 1 fully saturated rings. The van der Waals surface area contributed by atoms with Crippen molar-refractivity contribution in [3.8, 4) is 0 Å². The monoisotopic (exact) mass is 339 g/mol. The summed E-state index contributed by atoms with van der Waals surface area (Å²) in [4.78, 5) is 17.9. The van der Waals surface area contributed by atoms with E-state index in [1.54, 1.807) is 11.3 Å². The average molecular weight is 340 g/mol. The number of aliphatic hydroxyl groups excluding tert-OH is 1. The lowest BCUT2D eigenvalue weighted by molar-refractivity contribution is 0.195. The molecule has 3 N–H and O–H groups in total. The number of rotatable bonds is 7. The molecule has 23 heavy (non-hydrogen) atoms. The standard InChI is InChI=1S/C17H29N3O2S/c1-3-14-11-18-16(23-14)12(2)19-17(22)20-15(9-10-21)13-7-5-4-6-8-13/h11-13,15,21H,3-10H2,1-2H3,(H2,19,20,22). The Morgan fingerprint density at radius 2 is 2.13 bits per heavy atom. The van der Waals surface area contributed by atoms with Crippen LogP contribution in [0.5, 0.6) is 0 Å². The Kier molecular flexibility index (Phi) is 7.30. The smallest absolute Gasteiger partial charge is 0.315 e. The van der Waals surface area contributed by atoms with Crippen LogP contribution in [-0.2, 0) is 6.42 Å². The summed E-state index contributed by atoms with van der Waals surface area (Å²) in [6.07, 6.45) is 9.51. The minimum absolute atomic E-state index is 0.0648. The number of thiazole rings is 1. The van der Waals surface area contributed by atoms with Crippen molar-refractivity contribution in [2.24, 2.45) is 5.92 Å². The van der Waals surface area contributed by atoms with Crippen molar-refractivity contribution in [2.75, 3.05) is 6.61 Å². The van der Waals surface area contributed by atoms with Crippen LogP contribution in [0, 0.1) is 5.92 Å². The van der Waals surface area contributed by atoms with Crippen molar-refractivity contribution < 1.29 is 9.90 Å². The van der Waals surface area contributed by atoms with E-state index in [2.05, 4.69) is 22.5 Å². The summed E-state index contributed by atoms with van der Waals surface area (Å²) in [5.74, 6) is 0.489. The van der Waals surface area contributed by atoms with Gasteiger partial charge in [0, 0.05) is 23.7 Å². The van der Waals surface area contributed by atoms with Gasteiger partial charge in [0.1, 0.15) is 5.01 Å². The maximum Gasteiger partial charge on any atom is 0.315 e. The summed E-state index contributed by atoms with van der Waals surface area (Å²) in [6, 6.07) is -0.189. The van der Waals surface area contributed by atoms with Crippen LogP contribution in [0.25, 0.3) is 0 Å². The maximum atomic E-state index is 12.3. The predicted octanol–water partition coefficient (Wildman–Crippen LogP) is 3.40. The second-order valence-corrected chi connectivity index (χ2v) is 7.52. The Bertz CT molecular complexity index is 486. The van der Waals surface area contributed by atoms with Crippen LogP contribution in [0.1, 0.15) is 68.3 Å². The summed E-state index contributed by atoms with van der Waals surface area (Å²) in [5.41, 5.74) is 0. The zero-order valence-electron chi connectivity index (χ0n) is 14.2. The lowest BCUT2D eigenvalue weighted by atomic mass is 9.83. The third-order valence-corrected chi connectivity index (χ3v) is 5.94. The van der Waals surface area contributed by atoms with Crippen molar-refractivity contribution in [1.29, 1.82) is 0 Å². The molecule has 1 aromatic heterocycles. The number of carbonyl (C=O) groups is 1. The molecule has 2 rings (SSSR count). The van der Waals surface area contributed by atoms with Crippen molar-refractivity contribution in [1.82, 2.24) is 15.6 Å². The van der Waals surface area contributed by atoms with Crippen LogP contribution in [0.3, 0.4) is 0 Å². The largest absolute Gasteiger partial charge is 0.396 e. The Morgan fingerprint density at radius 1 is 1.39 bits per heavy atom. The summed E-state index contributed by atoms with van der Waals surface area (Å²) in [5, 5.41) is 16.3. The molecule has 1 aliphatic carbocycles. The molecule has 6 heteroatoms. The van der Waals surface area contributed by atoms with E-state index >= 15 is 0 Å². The first-order valence-electron chi connectivity index (χ1n) is 8.76. The molecule has 1 aliphatic rings. The van der Waals surface area contributed by atoms with Gasteiger partial charge in [-0.05, 0) is 38.5 Å². The van der Waals surface area contributed by atoms with E-state index < -0.39 is 0 Å². The fourth-order valence-corrected chi connectivity index (χ4v) is 4.12. The van der Waals surface area contributed by atoms with Crippen molar-refractivity contribution >= 4 is 17.4 Å². The second kappa shape index (κ2) is 9.23. The van der Waals surface area contributed by atoms with E-state index in [-0.39, 0.29) is 24.7 Å². The molecule has 0 bridgehead atoms. The Labute approximate surface area is 142 Å². The van der Waals surface area contributed by atoms with E-state index in [9.17, 15) is 9.90 Å². The van der Waals surface area contributed by atoms with Crippen LogP contribution >= 0.6 is 11.3 Å². The van der Waals surface area contributed by atoms with Crippen LogP contribution in [0.4, 0.5) is 4.79 Å². The van der Waals surface area contributed by atoms with Crippen molar-refractivity contribution in [2.45, 2.75) is 70.9 Å². The van der Waals surface area contributed by atoms with Gasteiger partial charge in [-0.2, -0.15) is 0 Å². The van der Waals surface area contributed by atoms with Crippen LogP contribution in [0.2, 0.25) is 0 Å². The molecule has 2 amide bonds. The number of hydrogen-bond acceptors (Lipinski definition) is 4. The number of nitrogens with zero attached hydrogens (tertiary/aromatic N) is 1. The summed E-state index contributed by atoms with van der Waals surface area (Å²) in [7, 11) is 0. The molecular formula is C17H29N3O2S. The van der Waals surface area contributed by atoms with Gasteiger partial charge in [0.05, 0.1) is 6.04 Å². The van der Waals surface area contributed by atoms with E-state index in [1.165, 1.54) is 24.1 Å². The quantitative estimate of drug-likeness (QED) is 0.713. The Hall–Kier alpha value is -1.14. The number of amides is 2. The minimum Gasteiger partial charge on any atom is -0.396 e. The van der Waals surface area contributed by atoms with E-state index in [1.807, 2.05) is 13.1 Å². The van der Waals surface area contributed by atoms with E-state index in [4.69, 9.17) is 0 Å². The molecule has 1 saturated carbocycles. The zero-order valence-corrected chi connectivity index (χ0v) is 15.0. The highest BCUT2D eigenvalue weighted by Crippen LogP contribution is 2.28. The lowest BCUT2D eigenvalue weighted by Crippen LogP contribution is -2.47. The normalized spacial score (nSPS) is 18.4. The third-order valence-electron chi connectivity index (χ3n) is 4.61. The summed E-state index contributed by atoms with van der Waals surface area (Å²) in [6.45, 7) is 4.18. The first-order valence-corrected chi connectivity index (χ1v) is 9.58. The molecule has 0 aromatic carbocycles. The first kappa shape index (κ1) is 18.2. The maximum absolute atomic E-state index is 12.3. The number of nitrogens with one attached hydrogen (secondary N) is 2. The molecule has 0 saturated heterocycles. The molecule has 130 valence electrons. The van der Waals surface area contributed by atoms with E-state index in [0.717, 1.165) is 24.3 Å². The SMILES string of the molecule is CCc1cnc(C(C)NC(=O)NC(CCO)C2CCCCC2)s1. The van der Waals surface area contributed by atoms with Gasteiger partial charge in [-0.15, -0.1) is 11.3 Å². The summed E-state index contributed by atoms with van der Waals surface area (Å²) < 4.78 is 0. The molecule has 0 spiro atoms.